The summed E-state index contributed by atoms with van der Waals surface area (Å²) in [6, 6.07) is 0.0456. The van der Waals surface area contributed by atoms with Crippen molar-refractivity contribution < 1.29 is 9.53 Å². The smallest absolute Gasteiger partial charge is 0.332 e. The van der Waals surface area contributed by atoms with Crippen molar-refractivity contribution in [3.8, 4) is 0 Å². The first-order valence-electron chi connectivity index (χ1n) is 10.6. The van der Waals surface area contributed by atoms with Gasteiger partial charge in [-0.2, -0.15) is 4.98 Å². The number of fused-ring (bicyclic) bond motifs is 1. The van der Waals surface area contributed by atoms with Crippen LogP contribution in [-0.2, 0) is 29.7 Å². The summed E-state index contributed by atoms with van der Waals surface area (Å²) in [6.07, 6.45) is 4.40. The van der Waals surface area contributed by atoms with Gasteiger partial charge in [-0.25, -0.2) is 4.79 Å². The number of hydrogen-bond acceptors (Lipinski definition) is 7. The van der Waals surface area contributed by atoms with E-state index in [9.17, 15) is 14.4 Å². The molecule has 3 heterocycles. The predicted molar refractivity (Wildman–Crippen MR) is 119 cm³/mol. The van der Waals surface area contributed by atoms with Crippen molar-refractivity contribution in [2.75, 3.05) is 25.1 Å². The first kappa shape index (κ1) is 22.8. The molecule has 0 aromatic carbocycles. The summed E-state index contributed by atoms with van der Waals surface area (Å²) in [7, 11) is 2.93. The van der Waals surface area contributed by atoms with Gasteiger partial charge in [0.1, 0.15) is 0 Å². The molecular formula is C21H32N6O4. The minimum atomic E-state index is -0.448. The molecule has 170 valence electrons. The molecule has 10 heteroatoms. The van der Waals surface area contributed by atoms with Gasteiger partial charge in [0.05, 0.1) is 7.11 Å². The number of carbonyl (C=O) groups is 1. The Balaban J connectivity index is 2.14. The quantitative estimate of drug-likeness (QED) is 0.507. The van der Waals surface area contributed by atoms with E-state index in [4.69, 9.17) is 10.7 Å². The molecule has 2 aromatic heterocycles. The van der Waals surface area contributed by atoms with Crippen molar-refractivity contribution in [1.29, 1.82) is 0 Å². The van der Waals surface area contributed by atoms with Crippen LogP contribution in [0.3, 0.4) is 0 Å². The highest BCUT2D eigenvalue weighted by Crippen LogP contribution is 2.23. The molecule has 1 aliphatic rings. The summed E-state index contributed by atoms with van der Waals surface area (Å²) in [5, 5.41) is 0. The maximum atomic E-state index is 13.4. The summed E-state index contributed by atoms with van der Waals surface area (Å²) in [5.74, 6) is 0.283. The molecule has 1 fully saturated rings. The maximum Gasteiger partial charge on any atom is 0.332 e. The van der Waals surface area contributed by atoms with Crippen LogP contribution in [0.5, 0.6) is 0 Å². The molecule has 1 atom stereocenters. The number of ether oxygens (including phenoxy) is 1. The lowest BCUT2D eigenvalue weighted by atomic mass is 10.1. The summed E-state index contributed by atoms with van der Waals surface area (Å²) in [5.41, 5.74) is 7.19. The number of imidazole rings is 1. The van der Waals surface area contributed by atoms with Gasteiger partial charge < -0.3 is 19.9 Å². The van der Waals surface area contributed by atoms with Crippen LogP contribution < -0.4 is 21.9 Å². The summed E-state index contributed by atoms with van der Waals surface area (Å²) < 4.78 is 9.11. The van der Waals surface area contributed by atoms with E-state index in [1.807, 2.05) is 24.5 Å². The summed E-state index contributed by atoms with van der Waals surface area (Å²) in [6.45, 7) is 6.04. The average Bonchev–Trinajstić information content (AvgIpc) is 3.12. The lowest BCUT2D eigenvalue weighted by Crippen LogP contribution is -2.44. The Morgan fingerprint density at radius 1 is 1.29 bits per heavy atom. The van der Waals surface area contributed by atoms with Crippen molar-refractivity contribution in [3.05, 3.63) is 32.5 Å². The first-order valence-corrected chi connectivity index (χ1v) is 10.6. The lowest BCUT2D eigenvalue weighted by Gasteiger charge is -2.31. The third-order valence-electron chi connectivity index (χ3n) is 5.63. The fourth-order valence-electron chi connectivity index (χ4n) is 3.92. The zero-order chi connectivity index (χ0) is 22.7. The zero-order valence-corrected chi connectivity index (χ0v) is 18.8. The number of rotatable bonds is 7. The van der Waals surface area contributed by atoms with Crippen LogP contribution >= 0.6 is 0 Å². The van der Waals surface area contributed by atoms with Gasteiger partial charge in [-0.15, -0.1) is 0 Å². The van der Waals surface area contributed by atoms with Crippen LogP contribution in [0.4, 0.5) is 5.95 Å². The minimum Gasteiger partial charge on any atom is -0.469 e. The number of nitrogens with zero attached hydrogens (tertiary/aromatic N) is 5. The molecule has 0 aliphatic carbocycles. The fourth-order valence-corrected chi connectivity index (χ4v) is 3.92. The highest BCUT2D eigenvalue weighted by Gasteiger charge is 2.26. The Hall–Kier alpha value is -2.88. The molecule has 2 N–H and O–H groups in total. The van der Waals surface area contributed by atoms with Gasteiger partial charge in [0.25, 0.3) is 5.56 Å². The number of aromatic nitrogens is 4. The number of allylic oxidation sites excluding steroid dienone is 2. The van der Waals surface area contributed by atoms with Crippen molar-refractivity contribution in [2.24, 2.45) is 12.8 Å². The molecule has 0 spiro atoms. The second-order valence-electron chi connectivity index (χ2n) is 8.30. The minimum absolute atomic E-state index is 0.0456. The number of anilines is 1. The van der Waals surface area contributed by atoms with E-state index in [0.717, 1.165) is 25.0 Å². The summed E-state index contributed by atoms with van der Waals surface area (Å²) in [4.78, 5) is 44.5. The lowest BCUT2D eigenvalue weighted by molar-refractivity contribution is -0.140. The second-order valence-corrected chi connectivity index (χ2v) is 8.30. The number of piperidine rings is 1. The molecule has 3 rings (SSSR count). The third kappa shape index (κ3) is 4.73. The molecule has 31 heavy (non-hydrogen) atoms. The maximum absolute atomic E-state index is 13.4. The zero-order valence-electron chi connectivity index (χ0n) is 18.8. The molecule has 0 amide bonds. The number of nitrogens with two attached hydrogens (primary N) is 1. The highest BCUT2D eigenvalue weighted by atomic mass is 16.5. The molecular weight excluding hydrogens is 400 g/mol. The van der Waals surface area contributed by atoms with Gasteiger partial charge in [0.15, 0.2) is 11.2 Å². The molecule has 0 radical (unpaired) electrons. The van der Waals surface area contributed by atoms with Gasteiger partial charge in [-0.3, -0.25) is 18.7 Å². The summed E-state index contributed by atoms with van der Waals surface area (Å²) >= 11 is 0. The monoisotopic (exact) mass is 432 g/mol. The molecule has 10 nitrogen and oxygen atoms in total. The van der Waals surface area contributed by atoms with E-state index in [2.05, 4.69) is 9.64 Å². The Labute approximate surface area is 180 Å². The fraction of sp³-hybridized carbons (Fsp3) is 0.619. The highest BCUT2D eigenvalue weighted by molar-refractivity contribution is 5.75. The van der Waals surface area contributed by atoms with Crippen molar-refractivity contribution >= 4 is 23.1 Å². The third-order valence-corrected chi connectivity index (χ3v) is 5.63. The van der Waals surface area contributed by atoms with E-state index in [-0.39, 0.29) is 25.0 Å². The van der Waals surface area contributed by atoms with E-state index in [1.165, 1.54) is 16.2 Å². The molecule has 0 saturated carbocycles. The van der Waals surface area contributed by atoms with E-state index >= 15 is 0 Å². The number of methoxy groups -OCH3 is 1. The Morgan fingerprint density at radius 2 is 2.03 bits per heavy atom. The van der Waals surface area contributed by atoms with Crippen LogP contribution in [-0.4, -0.2) is 50.9 Å². The van der Waals surface area contributed by atoms with Crippen LogP contribution in [0.2, 0.25) is 0 Å². The van der Waals surface area contributed by atoms with E-state index in [0.29, 0.717) is 36.6 Å². The van der Waals surface area contributed by atoms with Gasteiger partial charge in [0, 0.05) is 45.7 Å². The van der Waals surface area contributed by atoms with Crippen molar-refractivity contribution in [2.45, 2.75) is 58.7 Å². The van der Waals surface area contributed by atoms with Gasteiger partial charge in [-0.1, -0.05) is 11.6 Å². The Morgan fingerprint density at radius 3 is 2.68 bits per heavy atom. The van der Waals surface area contributed by atoms with Crippen LogP contribution in [0, 0.1) is 0 Å². The Kier molecular flexibility index (Phi) is 6.99. The van der Waals surface area contributed by atoms with Crippen LogP contribution in [0.1, 0.15) is 39.5 Å². The molecule has 1 aliphatic heterocycles. The van der Waals surface area contributed by atoms with Crippen LogP contribution in [0.25, 0.3) is 11.2 Å². The molecule has 0 unspecified atom stereocenters. The standard InChI is InChI=1S/C21H32N6O4/c1-14(2)9-12-26-17-18(23-20(26)25-10-5-7-15(22)13-25)24(3)21(30)27(19(17)29)11-6-8-16(28)31-4/h9,15H,5-8,10-13,22H2,1-4H3/t15-/m0/s1. The predicted octanol–water partition coefficient (Wildman–Crippen LogP) is 0.744. The van der Waals surface area contributed by atoms with Crippen molar-refractivity contribution in [1.82, 2.24) is 18.7 Å². The second kappa shape index (κ2) is 9.51. The van der Waals surface area contributed by atoms with E-state index in [1.54, 1.807) is 7.05 Å². The van der Waals surface area contributed by atoms with Gasteiger partial charge >= 0.3 is 11.7 Å². The Bertz CT molecular complexity index is 1110. The van der Waals surface area contributed by atoms with Crippen molar-refractivity contribution in [3.63, 3.8) is 0 Å². The van der Waals surface area contributed by atoms with Gasteiger partial charge in [-0.05, 0) is 33.1 Å². The SMILES string of the molecule is COC(=O)CCCn1c(=O)c2c(nc(N3CCC[C@H](N)C3)n2CC=C(C)C)n(C)c1=O. The molecule has 1 saturated heterocycles. The molecule has 0 bridgehead atoms. The number of carbonyl (C=O) groups excluding carboxylic acids is 1. The number of esters is 1. The number of aryl methyl sites for hydroxylation is 1. The average molecular weight is 433 g/mol. The number of hydrogen-bond donors (Lipinski definition) is 1. The first-order chi connectivity index (χ1) is 14.7. The van der Waals surface area contributed by atoms with Gasteiger partial charge in [0.2, 0.25) is 5.95 Å². The largest absolute Gasteiger partial charge is 0.469 e. The van der Waals surface area contributed by atoms with E-state index < -0.39 is 11.2 Å². The topological polar surface area (TPSA) is 117 Å². The van der Waals surface area contributed by atoms with Crippen LogP contribution in [0.15, 0.2) is 21.2 Å². The molecule has 2 aromatic rings. The normalized spacial score (nSPS) is 16.5.